The molecule has 2 saturated heterocycles. The molecule has 2 rings (SSSR count). The van der Waals surface area contributed by atoms with Gasteiger partial charge in [-0.25, -0.2) is 0 Å². The van der Waals surface area contributed by atoms with E-state index >= 15 is 0 Å². The molecule has 2 bridgehead atoms. The Morgan fingerprint density at radius 3 is 2.24 bits per heavy atom. The van der Waals surface area contributed by atoms with Crippen molar-refractivity contribution in [3.8, 4) is 0 Å². The van der Waals surface area contributed by atoms with Gasteiger partial charge in [0.2, 0.25) is 0 Å². The predicted octanol–water partition coefficient (Wildman–Crippen LogP) is 3.03. The predicted molar refractivity (Wildman–Crippen MR) is 95.3 cm³/mol. The minimum Gasteiger partial charge on any atom is -0.469 e. The van der Waals surface area contributed by atoms with Crippen LogP contribution in [0, 0.1) is 11.8 Å². The van der Waals surface area contributed by atoms with E-state index in [0.717, 1.165) is 0 Å². The summed E-state index contributed by atoms with van der Waals surface area (Å²) in [7, 11) is 0.429. The van der Waals surface area contributed by atoms with E-state index in [4.69, 9.17) is 18.6 Å². The maximum absolute atomic E-state index is 12.4. The molecule has 142 valence electrons. The first-order chi connectivity index (χ1) is 11.4. The standard InChI is InChI=1S/C18H30O6Si/c1-11-13(15(19)21-5)14(16(20)22-6)12-9-10-18(11,23-12)24-25(7,8)17(2,3)4/h12-14H,1,9-10H2,2-8H3/t12-,13-,14-,18-/m0/s1. The smallest absolute Gasteiger partial charge is 0.313 e. The molecule has 2 heterocycles. The van der Waals surface area contributed by atoms with E-state index in [-0.39, 0.29) is 5.04 Å². The third-order valence-corrected chi connectivity index (χ3v) is 10.3. The molecule has 0 unspecified atom stereocenters. The summed E-state index contributed by atoms with van der Waals surface area (Å²) < 4.78 is 22.6. The first kappa shape index (κ1) is 20.1. The summed E-state index contributed by atoms with van der Waals surface area (Å²) in [6.45, 7) is 14.8. The molecular formula is C18H30O6Si. The molecule has 4 atom stereocenters. The average Bonchev–Trinajstić information content (AvgIpc) is 2.88. The molecule has 2 fully saturated rings. The summed E-state index contributed by atoms with van der Waals surface area (Å²) in [4.78, 5) is 24.7. The Morgan fingerprint density at radius 1 is 1.20 bits per heavy atom. The van der Waals surface area contributed by atoms with Crippen LogP contribution in [0.15, 0.2) is 12.2 Å². The number of rotatable bonds is 4. The molecule has 0 aromatic rings. The third kappa shape index (κ3) is 3.29. The van der Waals surface area contributed by atoms with Gasteiger partial charge in [0, 0.05) is 6.42 Å². The minimum atomic E-state index is -2.19. The molecular weight excluding hydrogens is 340 g/mol. The maximum Gasteiger partial charge on any atom is 0.313 e. The molecule has 0 N–H and O–H groups in total. The molecule has 0 radical (unpaired) electrons. The van der Waals surface area contributed by atoms with E-state index < -0.39 is 44.0 Å². The van der Waals surface area contributed by atoms with Gasteiger partial charge in [0.25, 0.3) is 0 Å². The lowest BCUT2D eigenvalue weighted by Gasteiger charge is -2.48. The number of esters is 2. The molecule has 0 spiro atoms. The quantitative estimate of drug-likeness (QED) is 0.430. The fourth-order valence-electron chi connectivity index (χ4n) is 3.40. The Hall–Kier alpha value is -1.18. The molecule has 0 aromatic heterocycles. The van der Waals surface area contributed by atoms with E-state index in [0.29, 0.717) is 18.4 Å². The van der Waals surface area contributed by atoms with Crippen LogP contribution in [0.1, 0.15) is 33.6 Å². The Morgan fingerprint density at radius 2 is 1.76 bits per heavy atom. The minimum absolute atomic E-state index is 0.0244. The number of carbonyl (C=O) groups is 2. The molecule has 0 amide bonds. The fraction of sp³-hybridized carbons (Fsp3) is 0.778. The van der Waals surface area contributed by atoms with Crippen molar-refractivity contribution in [1.29, 1.82) is 0 Å². The lowest BCUT2D eigenvalue weighted by atomic mass is 9.80. The highest BCUT2D eigenvalue weighted by molar-refractivity contribution is 6.74. The first-order valence-corrected chi connectivity index (χ1v) is 11.5. The van der Waals surface area contributed by atoms with Crippen molar-refractivity contribution in [2.75, 3.05) is 14.2 Å². The van der Waals surface area contributed by atoms with Gasteiger partial charge in [-0.3, -0.25) is 9.59 Å². The highest BCUT2D eigenvalue weighted by Gasteiger charge is 2.62. The number of hydrogen-bond acceptors (Lipinski definition) is 6. The van der Waals surface area contributed by atoms with Gasteiger partial charge < -0.3 is 18.6 Å². The van der Waals surface area contributed by atoms with Crippen molar-refractivity contribution in [1.82, 2.24) is 0 Å². The second-order valence-electron chi connectivity index (χ2n) is 8.39. The Bertz CT molecular complexity index is 579. The fourth-order valence-corrected chi connectivity index (χ4v) is 4.81. The van der Waals surface area contributed by atoms with Crippen molar-refractivity contribution in [3.63, 3.8) is 0 Å². The molecule has 0 aromatic carbocycles. The van der Waals surface area contributed by atoms with Crippen molar-refractivity contribution < 1.29 is 28.2 Å². The SMILES string of the molecule is C=C1[C@H](C(=O)OC)[C@@H](C(=O)OC)[C@@H]2CC[C@@]1(O[Si](C)(C)C(C)(C)C)O2. The third-order valence-electron chi connectivity index (χ3n) is 5.88. The van der Waals surface area contributed by atoms with Crippen LogP contribution in [0.25, 0.3) is 0 Å². The lowest BCUT2D eigenvalue weighted by Crippen LogP contribution is -2.57. The average molecular weight is 371 g/mol. The van der Waals surface area contributed by atoms with Gasteiger partial charge in [0.15, 0.2) is 14.1 Å². The molecule has 2 aliphatic rings. The van der Waals surface area contributed by atoms with Crippen LogP contribution in [0.3, 0.4) is 0 Å². The van der Waals surface area contributed by atoms with Gasteiger partial charge in [-0.2, -0.15) is 0 Å². The van der Waals surface area contributed by atoms with Gasteiger partial charge in [-0.15, -0.1) is 0 Å². The van der Waals surface area contributed by atoms with Gasteiger partial charge in [0.05, 0.1) is 26.2 Å². The first-order valence-electron chi connectivity index (χ1n) is 8.63. The summed E-state index contributed by atoms with van der Waals surface area (Å²) in [6.07, 6.45) is 0.747. The topological polar surface area (TPSA) is 71.1 Å². The highest BCUT2D eigenvalue weighted by atomic mass is 28.4. The summed E-state index contributed by atoms with van der Waals surface area (Å²) >= 11 is 0. The van der Waals surface area contributed by atoms with Crippen molar-refractivity contribution in [2.24, 2.45) is 11.8 Å². The van der Waals surface area contributed by atoms with Crippen LogP contribution in [0.5, 0.6) is 0 Å². The molecule has 2 aliphatic heterocycles. The van der Waals surface area contributed by atoms with Crippen LogP contribution in [0.4, 0.5) is 0 Å². The number of methoxy groups -OCH3 is 2. The molecule has 6 nitrogen and oxygen atoms in total. The van der Waals surface area contributed by atoms with E-state index in [1.807, 2.05) is 0 Å². The zero-order valence-electron chi connectivity index (χ0n) is 16.3. The van der Waals surface area contributed by atoms with Crippen molar-refractivity contribution in [2.45, 2.75) is 63.6 Å². The van der Waals surface area contributed by atoms with Crippen LogP contribution in [-0.4, -0.2) is 46.4 Å². The zero-order valence-corrected chi connectivity index (χ0v) is 17.3. The number of carbonyl (C=O) groups excluding carboxylic acids is 2. The summed E-state index contributed by atoms with van der Waals surface area (Å²) in [5, 5.41) is -0.0244. The molecule has 25 heavy (non-hydrogen) atoms. The van der Waals surface area contributed by atoms with Crippen molar-refractivity contribution in [3.05, 3.63) is 12.2 Å². The Labute approximate surface area is 151 Å². The Kier molecular flexibility index (Phi) is 5.25. The van der Waals surface area contributed by atoms with E-state index in [1.165, 1.54) is 14.2 Å². The monoisotopic (exact) mass is 370 g/mol. The van der Waals surface area contributed by atoms with E-state index in [2.05, 4.69) is 40.4 Å². The van der Waals surface area contributed by atoms with Crippen LogP contribution < -0.4 is 0 Å². The van der Waals surface area contributed by atoms with Crippen molar-refractivity contribution >= 4 is 20.3 Å². The van der Waals surface area contributed by atoms with Gasteiger partial charge in [-0.05, 0) is 30.1 Å². The van der Waals surface area contributed by atoms with Crippen LogP contribution in [0.2, 0.25) is 18.1 Å². The number of fused-ring (bicyclic) bond motifs is 2. The van der Waals surface area contributed by atoms with Crippen LogP contribution >= 0.6 is 0 Å². The second-order valence-corrected chi connectivity index (χ2v) is 13.1. The van der Waals surface area contributed by atoms with Gasteiger partial charge in [-0.1, -0.05) is 27.4 Å². The summed E-state index contributed by atoms with van der Waals surface area (Å²) in [5.41, 5.74) is 0.466. The van der Waals surface area contributed by atoms with Crippen LogP contribution in [-0.2, 0) is 28.2 Å². The highest BCUT2D eigenvalue weighted by Crippen LogP contribution is 2.54. The number of hydrogen-bond donors (Lipinski definition) is 0. The number of ether oxygens (including phenoxy) is 3. The van der Waals surface area contributed by atoms with Gasteiger partial charge >= 0.3 is 11.9 Å². The normalized spacial score (nSPS) is 32.4. The second kappa shape index (κ2) is 6.52. The van der Waals surface area contributed by atoms with Gasteiger partial charge in [0.1, 0.15) is 5.92 Å². The largest absolute Gasteiger partial charge is 0.469 e. The Balaban J connectivity index is 2.43. The zero-order chi connectivity index (χ0) is 19.2. The summed E-state index contributed by atoms with van der Waals surface area (Å²) in [6, 6.07) is 0. The molecule has 0 aliphatic carbocycles. The van der Waals surface area contributed by atoms with E-state index in [9.17, 15) is 9.59 Å². The molecule has 0 saturated carbocycles. The lowest BCUT2D eigenvalue weighted by molar-refractivity contribution is -0.207. The maximum atomic E-state index is 12.4. The molecule has 7 heteroatoms. The summed E-state index contributed by atoms with van der Waals surface area (Å²) in [5.74, 6) is -3.58. The van der Waals surface area contributed by atoms with E-state index in [1.54, 1.807) is 0 Å².